The van der Waals surface area contributed by atoms with Crippen LogP contribution in [-0.2, 0) is 0 Å². The zero-order valence-electron chi connectivity index (χ0n) is 6.13. The Hall–Kier alpha value is -1.27. The van der Waals surface area contributed by atoms with Gasteiger partial charge >= 0.3 is 0 Å². The average Bonchev–Trinajstić information content (AvgIpc) is 2.48. The van der Waals surface area contributed by atoms with E-state index < -0.39 is 0 Å². The maximum atomic E-state index is 8.79. The van der Waals surface area contributed by atoms with Crippen LogP contribution in [0.15, 0.2) is 28.9 Å². The maximum Gasteiger partial charge on any atom is 0.0999 e. The smallest absolute Gasteiger partial charge is 0.0999 e. The fourth-order valence-electron chi connectivity index (χ4n) is 1.24. The lowest BCUT2D eigenvalue weighted by molar-refractivity contribution is 1.46. The topological polar surface area (TPSA) is 39.6 Å². The molecule has 1 aromatic heterocycles. The van der Waals surface area contributed by atoms with E-state index in [4.69, 9.17) is 5.26 Å². The zero-order chi connectivity index (χ0) is 8.55. The van der Waals surface area contributed by atoms with E-state index in [1.807, 2.05) is 18.3 Å². The predicted octanol–water partition coefficient (Wildman–Crippen LogP) is 2.80. The third-order valence-corrected chi connectivity index (χ3v) is 2.40. The highest BCUT2D eigenvalue weighted by Crippen LogP contribution is 2.26. The van der Waals surface area contributed by atoms with Gasteiger partial charge in [-0.3, -0.25) is 0 Å². The van der Waals surface area contributed by atoms with Crippen molar-refractivity contribution in [3.63, 3.8) is 0 Å². The first-order valence-corrected chi connectivity index (χ1v) is 4.28. The third kappa shape index (κ3) is 0.926. The highest BCUT2D eigenvalue weighted by molar-refractivity contribution is 9.10. The molecule has 0 spiro atoms. The molecule has 58 valence electrons. The summed E-state index contributed by atoms with van der Waals surface area (Å²) in [6, 6.07) is 7.76. The van der Waals surface area contributed by atoms with E-state index in [2.05, 4.69) is 27.0 Å². The fraction of sp³-hybridized carbons (Fsp3) is 0. The minimum Gasteiger partial charge on any atom is -0.360 e. The number of aromatic amines is 1. The van der Waals surface area contributed by atoms with Gasteiger partial charge in [0.05, 0.1) is 11.6 Å². The SMILES string of the molecule is N#Cc1cccc2[nH]cc(Br)c12. The summed E-state index contributed by atoms with van der Waals surface area (Å²) >= 11 is 3.38. The van der Waals surface area contributed by atoms with Crippen LogP contribution >= 0.6 is 15.9 Å². The van der Waals surface area contributed by atoms with Gasteiger partial charge in [-0.25, -0.2) is 0 Å². The second-order valence-electron chi connectivity index (χ2n) is 2.48. The molecule has 2 nitrogen and oxygen atoms in total. The number of aromatic nitrogens is 1. The molecule has 0 atom stereocenters. The van der Waals surface area contributed by atoms with Crippen molar-refractivity contribution in [1.29, 1.82) is 5.26 Å². The first-order chi connectivity index (χ1) is 5.83. The summed E-state index contributed by atoms with van der Waals surface area (Å²) in [5.74, 6) is 0. The number of nitriles is 1. The molecule has 0 aliphatic heterocycles. The molecule has 0 aliphatic rings. The Balaban J connectivity index is 2.96. The molecule has 1 heterocycles. The number of fused-ring (bicyclic) bond motifs is 1. The molecular weight excluding hydrogens is 216 g/mol. The van der Waals surface area contributed by atoms with Crippen molar-refractivity contribution < 1.29 is 0 Å². The minimum absolute atomic E-state index is 0.695. The Bertz CT molecular complexity index is 465. The van der Waals surface area contributed by atoms with Gasteiger partial charge in [0, 0.05) is 21.6 Å². The highest BCUT2D eigenvalue weighted by Gasteiger charge is 2.04. The average molecular weight is 221 g/mol. The summed E-state index contributed by atoms with van der Waals surface area (Å²) in [4.78, 5) is 3.06. The van der Waals surface area contributed by atoms with Crippen molar-refractivity contribution in [2.75, 3.05) is 0 Å². The number of H-pyrrole nitrogens is 1. The lowest BCUT2D eigenvalue weighted by atomic mass is 10.1. The van der Waals surface area contributed by atoms with E-state index in [-0.39, 0.29) is 0 Å². The highest BCUT2D eigenvalue weighted by atomic mass is 79.9. The predicted molar refractivity (Wildman–Crippen MR) is 50.7 cm³/mol. The van der Waals surface area contributed by atoms with Crippen molar-refractivity contribution in [3.8, 4) is 6.07 Å². The van der Waals surface area contributed by atoms with Gasteiger partial charge in [-0.2, -0.15) is 5.26 Å². The summed E-state index contributed by atoms with van der Waals surface area (Å²) < 4.78 is 0.939. The molecule has 1 aromatic carbocycles. The number of nitrogens with zero attached hydrogens (tertiary/aromatic N) is 1. The Labute approximate surface area is 77.9 Å². The summed E-state index contributed by atoms with van der Waals surface area (Å²) in [5, 5.41) is 9.75. The van der Waals surface area contributed by atoms with Crippen LogP contribution in [0.4, 0.5) is 0 Å². The van der Waals surface area contributed by atoms with Gasteiger partial charge in [0.15, 0.2) is 0 Å². The largest absolute Gasteiger partial charge is 0.360 e. The number of hydrogen-bond donors (Lipinski definition) is 1. The number of hydrogen-bond acceptors (Lipinski definition) is 1. The summed E-state index contributed by atoms with van der Waals surface area (Å²) in [5.41, 5.74) is 1.68. The van der Waals surface area contributed by atoms with Crippen LogP contribution in [0.1, 0.15) is 5.56 Å². The summed E-state index contributed by atoms with van der Waals surface area (Å²) in [6.45, 7) is 0. The maximum absolute atomic E-state index is 8.79. The molecule has 0 fully saturated rings. The van der Waals surface area contributed by atoms with Crippen LogP contribution in [0.5, 0.6) is 0 Å². The Kier molecular flexibility index (Phi) is 1.63. The molecule has 3 heteroatoms. The van der Waals surface area contributed by atoms with Gasteiger partial charge in [-0.1, -0.05) is 6.07 Å². The van der Waals surface area contributed by atoms with Gasteiger partial charge in [0.25, 0.3) is 0 Å². The molecule has 0 bridgehead atoms. The fourth-order valence-corrected chi connectivity index (χ4v) is 1.78. The lowest BCUT2D eigenvalue weighted by Gasteiger charge is -1.92. The zero-order valence-corrected chi connectivity index (χ0v) is 7.72. The molecule has 2 aromatic rings. The van der Waals surface area contributed by atoms with Crippen LogP contribution in [0.25, 0.3) is 10.9 Å². The van der Waals surface area contributed by atoms with Crippen molar-refractivity contribution in [2.24, 2.45) is 0 Å². The first kappa shape index (κ1) is 7.38. The monoisotopic (exact) mass is 220 g/mol. The molecule has 12 heavy (non-hydrogen) atoms. The molecule has 0 amide bonds. The molecule has 0 aliphatic carbocycles. The van der Waals surface area contributed by atoms with Gasteiger partial charge < -0.3 is 4.98 Å². The third-order valence-electron chi connectivity index (χ3n) is 1.78. The quantitative estimate of drug-likeness (QED) is 0.729. The number of benzene rings is 1. The van der Waals surface area contributed by atoms with Crippen molar-refractivity contribution in [3.05, 3.63) is 34.4 Å². The Morgan fingerprint density at radius 1 is 1.42 bits per heavy atom. The molecule has 1 N–H and O–H groups in total. The van der Waals surface area contributed by atoms with E-state index in [1.54, 1.807) is 6.07 Å². The van der Waals surface area contributed by atoms with Gasteiger partial charge in [-0.05, 0) is 28.1 Å². The van der Waals surface area contributed by atoms with E-state index in [0.29, 0.717) is 5.56 Å². The van der Waals surface area contributed by atoms with E-state index in [1.165, 1.54) is 0 Å². The second kappa shape index (κ2) is 2.65. The molecule has 2 rings (SSSR count). The number of halogens is 1. The van der Waals surface area contributed by atoms with Crippen LogP contribution < -0.4 is 0 Å². The summed E-state index contributed by atoms with van der Waals surface area (Å²) in [6.07, 6.45) is 1.84. The number of nitrogens with one attached hydrogen (secondary N) is 1. The molecule has 0 unspecified atom stereocenters. The van der Waals surface area contributed by atoms with Crippen molar-refractivity contribution in [2.45, 2.75) is 0 Å². The van der Waals surface area contributed by atoms with Gasteiger partial charge in [0.2, 0.25) is 0 Å². The van der Waals surface area contributed by atoms with Crippen molar-refractivity contribution in [1.82, 2.24) is 4.98 Å². The minimum atomic E-state index is 0.695. The standard InChI is InChI=1S/C9H5BrN2/c10-7-5-12-8-3-1-2-6(4-11)9(7)8/h1-3,5,12H. The van der Waals surface area contributed by atoms with Gasteiger partial charge in [0.1, 0.15) is 0 Å². The van der Waals surface area contributed by atoms with Crippen molar-refractivity contribution >= 4 is 26.8 Å². The van der Waals surface area contributed by atoms with Crippen LogP contribution in [0, 0.1) is 11.3 Å². The number of rotatable bonds is 0. The van der Waals surface area contributed by atoms with Crippen LogP contribution in [0.3, 0.4) is 0 Å². The van der Waals surface area contributed by atoms with E-state index in [0.717, 1.165) is 15.4 Å². The molecule has 0 saturated heterocycles. The van der Waals surface area contributed by atoms with E-state index >= 15 is 0 Å². The Morgan fingerprint density at radius 2 is 2.25 bits per heavy atom. The summed E-state index contributed by atoms with van der Waals surface area (Å²) in [7, 11) is 0. The van der Waals surface area contributed by atoms with Gasteiger partial charge in [-0.15, -0.1) is 0 Å². The van der Waals surface area contributed by atoms with E-state index in [9.17, 15) is 0 Å². The molecule has 0 saturated carbocycles. The lowest BCUT2D eigenvalue weighted by Crippen LogP contribution is -1.74. The second-order valence-corrected chi connectivity index (χ2v) is 3.33. The molecule has 0 radical (unpaired) electrons. The molecular formula is C9H5BrN2. The van der Waals surface area contributed by atoms with Crippen LogP contribution in [0.2, 0.25) is 0 Å². The normalized spacial score (nSPS) is 10.0. The first-order valence-electron chi connectivity index (χ1n) is 3.48. The Morgan fingerprint density at radius 3 is 3.00 bits per heavy atom. The van der Waals surface area contributed by atoms with Crippen LogP contribution in [-0.4, -0.2) is 4.98 Å².